The van der Waals surface area contributed by atoms with Crippen LogP contribution in [-0.4, -0.2) is 20.4 Å². The van der Waals surface area contributed by atoms with Gasteiger partial charge in [0.05, 0.1) is 34.2 Å². The normalized spacial score (nSPS) is 11.9. The van der Waals surface area contributed by atoms with E-state index in [1.165, 1.54) is 6.07 Å². The van der Waals surface area contributed by atoms with Crippen LogP contribution >= 0.6 is 11.6 Å². The van der Waals surface area contributed by atoms with Gasteiger partial charge in [-0.2, -0.15) is 0 Å². The Morgan fingerprint density at radius 3 is 2.78 bits per heavy atom. The Morgan fingerprint density at radius 2 is 2.11 bits per heavy atom. The average Bonchev–Trinajstić information content (AvgIpc) is 3.08. The van der Waals surface area contributed by atoms with Crippen LogP contribution in [0.15, 0.2) is 49.4 Å². The Labute approximate surface area is 161 Å². The summed E-state index contributed by atoms with van der Waals surface area (Å²) in [6, 6.07) is 7.76. The first-order chi connectivity index (χ1) is 12.9. The molecule has 1 amide bonds. The second-order valence-electron chi connectivity index (χ2n) is 6.06. The van der Waals surface area contributed by atoms with Crippen LogP contribution in [0.2, 0.25) is 5.02 Å². The number of pyridine rings is 1. The molecule has 0 saturated carbocycles. The van der Waals surface area contributed by atoms with Gasteiger partial charge in [-0.25, -0.2) is 14.4 Å². The number of nitrogens with one attached hydrogen (secondary N) is 1. The van der Waals surface area contributed by atoms with Crippen LogP contribution in [0.3, 0.4) is 0 Å². The second kappa shape index (κ2) is 7.72. The molecule has 0 aliphatic carbocycles. The molecule has 0 aliphatic heterocycles. The number of carbonyl (C=O) groups excluding carboxylic acids is 1. The molecule has 0 radical (unpaired) electrons. The van der Waals surface area contributed by atoms with E-state index in [1.54, 1.807) is 35.2 Å². The van der Waals surface area contributed by atoms with Crippen molar-refractivity contribution in [2.24, 2.45) is 0 Å². The first kappa shape index (κ1) is 18.8. The zero-order valence-electron chi connectivity index (χ0n) is 14.9. The fourth-order valence-electron chi connectivity index (χ4n) is 2.77. The monoisotopic (exact) mass is 384 g/mol. The molecule has 2 aromatic heterocycles. The summed E-state index contributed by atoms with van der Waals surface area (Å²) < 4.78 is 14.8. The number of nitrogens with zero attached hydrogens (tertiary/aromatic N) is 3. The Kier molecular flexibility index (Phi) is 5.37. The predicted molar refractivity (Wildman–Crippen MR) is 103 cm³/mol. The van der Waals surface area contributed by atoms with Crippen molar-refractivity contribution < 1.29 is 9.18 Å². The number of carbonyl (C=O) groups is 1. The molecular formula is C20H18ClFN4O. The molecule has 2 heterocycles. The van der Waals surface area contributed by atoms with E-state index < -0.39 is 11.9 Å². The van der Waals surface area contributed by atoms with Crippen molar-refractivity contribution in [1.82, 2.24) is 19.9 Å². The molecule has 27 heavy (non-hydrogen) atoms. The lowest BCUT2D eigenvalue weighted by molar-refractivity contribution is 0.0939. The number of halogens is 2. The maximum absolute atomic E-state index is 13.1. The number of rotatable bonds is 5. The van der Waals surface area contributed by atoms with E-state index in [4.69, 9.17) is 11.6 Å². The number of aryl methyl sites for hydroxylation is 1. The lowest BCUT2D eigenvalue weighted by Crippen LogP contribution is -2.27. The molecule has 0 bridgehead atoms. The molecule has 1 atom stereocenters. The maximum atomic E-state index is 13.1. The number of benzene rings is 1. The largest absolute Gasteiger partial charge is 0.344 e. The van der Waals surface area contributed by atoms with E-state index in [2.05, 4.69) is 21.9 Å². The third-order valence-corrected chi connectivity index (χ3v) is 4.68. The maximum Gasteiger partial charge on any atom is 0.253 e. The van der Waals surface area contributed by atoms with Gasteiger partial charge >= 0.3 is 0 Å². The third-order valence-electron chi connectivity index (χ3n) is 4.18. The summed E-state index contributed by atoms with van der Waals surface area (Å²) in [5.41, 5.74) is 2.52. The van der Waals surface area contributed by atoms with E-state index >= 15 is 0 Å². The summed E-state index contributed by atoms with van der Waals surface area (Å²) in [6.07, 6.45) is 4.32. The summed E-state index contributed by atoms with van der Waals surface area (Å²) in [6.45, 7) is 7.48. The minimum Gasteiger partial charge on any atom is -0.344 e. The summed E-state index contributed by atoms with van der Waals surface area (Å²) >= 11 is 6.24. The molecule has 3 rings (SSSR count). The third kappa shape index (κ3) is 3.75. The smallest absolute Gasteiger partial charge is 0.253 e. The fourth-order valence-corrected chi connectivity index (χ4v) is 2.98. The first-order valence-corrected chi connectivity index (χ1v) is 8.67. The van der Waals surface area contributed by atoms with Crippen molar-refractivity contribution in [1.29, 1.82) is 0 Å². The highest BCUT2D eigenvalue weighted by molar-refractivity contribution is 6.34. The molecule has 1 N–H and O–H groups in total. The zero-order valence-corrected chi connectivity index (χ0v) is 15.7. The van der Waals surface area contributed by atoms with E-state index in [9.17, 15) is 9.18 Å². The van der Waals surface area contributed by atoms with E-state index in [0.717, 1.165) is 11.8 Å². The molecule has 0 aliphatic rings. The van der Waals surface area contributed by atoms with Gasteiger partial charge in [0.2, 0.25) is 0 Å². The van der Waals surface area contributed by atoms with Crippen molar-refractivity contribution in [3.63, 3.8) is 0 Å². The minimum absolute atomic E-state index is 0.291. The lowest BCUT2D eigenvalue weighted by atomic mass is 10.1. The predicted octanol–water partition coefficient (Wildman–Crippen LogP) is 4.50. The summed E-state index contributed by atoms with van der Waals surface area (Å²) in [5.74, 6) is -0.208. The molecular weight excluding hydrogens is 367 g/mol. The molecule has 0 spiro atoms. The molecule has 7 heteroatoms. The van der Waals surface area contributed by atoms with Crippen LogP contribution in [0.5, 0.6) is 0 Å². The zero-order chi connectivity index (χ0) is 19.6. The fraction of sp³-hybridized carbons (Fsp3) is 0.150. The van der Waals surface area contributed by atoms with Gasteiger partial charge in [0.25, 0.3) is 5.91 Å². The van der Waals surface area contributed by atoms with Gasteiger partial charge in [-0.1, -0.05) is 30.3 Å². The number of imidazole rings is 1. The second-order valence-corrected chi connectivity index (χ2v) is 6.43. The molecule has 1 aromatic carbocycles. The quantitative estimate of drug-likeness (QED) is 0.704. The molecule has 5 nitrogen and oxygen atoms in total. The molecule has 1 unspecified atom stereocenters. The van der Waals surface area contributed by atoms with Crippen molar-refractivity contribution in [2.45, 2.75) is 19.9 Å². The Balaban J connectivity index is 1.88. The van der Waals surface area contributed by atoms with Crippen molar-refractivity contribution in [2.75, 3.05) is 0 Å². The first-order valence-electron chi connectivity index (χ1n) is 8.30. The highest BCUT2D eigenvalue weighted by atomic mass is 35.5. The van der Waals surface area contributed by atoms with Gasteiger partial charge in [0.15, 0.2) is 0 Å². The Bertz CT molecular complexity index is 998. The average molecular weight is 385 g/mol. The lowest BCUT2D eigenvalue weighted by Gasteiger charge is -2.15. The van der Waals surface area contributed by atoms with Crippen LogP contribution in [0, 0.1) is 12.7 Å². The molecule has 138 valence electrons. The number of aromatic nitrogens is 3. The van der Waals surface area contributed by atoms with E-state index in [-0.39, 0.29) is 5.91 Å². The minimum atomic E-state index is -0.421. The number of hydrogen-bond donors (Lipinski definition) is 1. The van der Waals surface area contributed by atoms with Gasteiger partial charge < -0.3 is 5.32 Å². The number of hydrogen-bond acceptors (Lipinski definition) is 3. The van der Waals surface area contributed by atoms with Crippen molar-refractivity contribution >= 4 is 23.6 Å². The van der Waals surface area contributed by atoms with Gasteiger partial charge in [-0.15, -0.1) is 0 Å². The Morgan fingerprint density at radius 1 is 1.33 bits per heavy atom. The van der Waals surface area contributed by atoms with Gasteiger partial charge in [-0.3, -0.25) is 9.36 Å². The summed E-state index contributed by atoms with van der Waals surface area (Å²) in [7, 11) is 0. The highest BCUT2D eigenvalue weighted by Crippen LogP contribution is 2.23. The standard InChI is InChI=1S/C20H18ClFN4O/c1-4-16-19(24-11-26(16)17-9-8-14(22)10-23-17)13(3)25-20(27)15-7-5-6-12(2)18(15)21/h4-11,13H,1H2,2-3H3,(H,25,27). The van der Waals surface area contributed by atoms with Crippen LogP contribution in [0.25, 0.3) is 11.9 Å². The Hall–Kier alpha value is -2.99. The van der Waals surface area contributed by atoms with Gasteiger partial charge in [0, 0.05) is 0 Å². The van der Waals surface area contributed by atoms with E-state index in [0.29, 0.717) is 27.8 Å². The van der Waals surface area contributed by atoms with Crippen molar-refractivity contribution in [3.05, 3.63) is 82.8 Å². The number of amides is 1. The summed E-state index contributed by atoms with van der Waals surface area (Å²) in [4.78, 5) is 21.0. The van der Waals surface area contributed by atoms with E-state index in [1.807, 2.05) is 19.9 Å². The van der Waals surface area contributed by atoms with Crippen LogP contribution < -0.4 is 5.32 Å². The van der Waals surface area contributed by atoms with Crippen LogP contribution in [0.4, 0.5) is 4.39 Å². The topological polar surface area (TPSA) is 59.8 Å². The molecule has 0 saturated heterocycles. The SMILES string of the molecule is C=Cc1c(C(C)NC(=O)c2cccc(C)c2Cl)ncn1-c1ccc(F)cn1. The highest BCUT2D eigenvalue weighted by Gasteiger charge is 2.20. The summed E-state index contributed by atoms with van der Waals surface area (Å²) in [5, 5.41) is 3.33. The molecule has 0 fully saturated rings. The van der Waals surface area contributed by atoms with Crippen molar-refractivity contribution in [3.8, 4) is 5.82 Å². The van der Waals surface area contributed by atoms with Gasteiger partial charge in [0.1, 0.15) is 18.0 Å². The van der Waals surface area contributed by atoms with Gasteiger partial charge in [-0.05, 0) is 43.7 Å². The van der Waals surface area contributed by atoms with Crippen LogP contribution in [-0.2, 0) is 0 Å². The molecule has 3 aromatic rings. The van der Waals surface area contributed by atoms with Crippen LogP contribution in [0.1, 0.15) is 40.3 Å².